The van der Waals surface area contributed by atoms with E-state index in [4.69, 9.17) is 0 Å². The summed E-state index contributed by atoms with van der Waals surface area (Å²) in [6.07, 6.45) is 0.289. The van der Waals surface area contributed by atoms with Crippen molar-refractivity contribution in [2.45, 2.75) is 26.4 Å². The molecule has 0 saturated carbocycles. The molecule has 162 valence electrons. The molecule has 0 aliphatic rings. The van der Waals surface area contributed by atoms with E-state index < -0.39 is 11.2 Å². The lowest BCUT2D eigenvalue weighted by molar-refractivity contribution is 0.277. The summed E-state index contributed by atoms with van der Waals surface area (Å²) in [5, 5.41) is 18.8. The number of aliphatic hydroxyl groups is 1. The monoisotopic (exact) mass is 429 g/mol. The van der Waals surface area contributed by atoms with Gasteiger partial charge in [0.15, 0.2) is 11.2 Å². The van der Waals surface area contributed by atoms with Gasteiger partial charge in [-0.05, 0) is 31.0 Å². The average molecular weight is 429 g/mol. The van der Waals surface area contributed by atoms with Crippen molar-refractivity contribution in [2.75, 3.05) is 6.61 Å². The van der Waals surface area contributed by atoms with Crippen LogP contribution in [0, 0.1) is 18.3 Å². The molecule has 0 spiro atoms. The second kappa shape index (κ2) is 8.65. The number of nitriles is 1. The van der Waals surface area contributed by atoms with Crippen LogP contribution in [0.1, 0.15) is 23.1 Å². The first-order valence-corrected chi connectivity index (χ1v) is 10.3. The normalized spacial score (nSPS) is 11.1. The van der Waals surface area contributed by atoms with Gasteiger partial charge in [0.25, 0.3) is 5.56 Å². The third kappa shape index (κ3) is 3.63. The standard InChI is InChI=1S/C24H23N5O3/c1-16-8-10-17(11-9-16)15-29-20-22(26-21(29)19-7-4-3-6-18(19)14-25)27(2)24(32)28(23(20)31)12-5-13-30/h3-4,6-11,30H,5,12-13,15H2,1-2H3. The molecule has 2 aromatic heterocycles. The zero-order valence-electron chi connectivity index (χ0n) is 17.9. The molecule has 0 fully saturated rings. The van der Waals surface area contributed by atoms with Crippen LogP contribution in [-0.2, 0) is 20.1 Å². The molecule has 4 aromatic rings. The summed E-state index contributed by atoms with van der Waals surface area (Å²) in [6, 6.07) is 17.2. The number of rotatable bonds is 6. The summed E-state index contributed by atoms with van der Waals surface area (Å²) < 4.78 is 4.25. The van der Waals surface area contributed by atoms with E-state index in [1.807, 2.05) is 37.3 Å². The quantitative estimate of drug-likeness (QED) is 0.506. The SMILES string of the molecule is Cc1ccc(Cn2c(-c3ccccc3C#N)nc3c2c(=O)n(CCCO)c(=O)n3C)cc1. The Bertz CT molecular complexity index is 1450. The predicted octanol–water partition coefficient (Wildman–Crippen LogP) is 2.17. The first-order valence-electron chi connectivity index (χ1n) is 10.3. The van der Waals surface area contributed by atoms with Gasteiger partial charge in [0.1, 0.15) is 5.82 Å². The molecule has 2 heterocycles. The summed E-state index contributed by atoms with van der Waals surface area (Å²) in [6.45, 7) is 2.33. The van der Waals surface area contributed by atoms with Crippen molar-refractivity contribution in [1.82, 2.24) is 18.7 Å². The van der Waals surface area contributed by atoms with Crippen LogP contribution in [-0.4, -0.2) is 30.4 Å². The Morgan fingerprint density at radius 1 is 1.06 bits per heavy atom. The van der Waals surface area contributed by atoms with Gasteiger partial charge in [0, 0.05) is 32.3 Å². The molecule has 0 aliphatic heterocycles. The van der Waals surface area contributed by atoms with E-state index in [0.717, 1.165) is 15.7 Å². The molecule has 8 heteroatoms. The van der Waals surface area contributed by atoms with E-state index >= 15 is 0 Å². The summed E-state index contributed by atoms with van der Waals surface area (Å²) in [4.78, 5) is 30.9. The fourth-order valence-corrected chi connectivity index (χ4v) is 3.81. The molecule has 0 amide bonds. The molecule has 0 unspecified atom stereocenters. The number of hydrogen-bond acceptors (Lipinski definition) is 5. The summed E-state index contributed by atoms with van der Waals surface area (Å²) in [7, 11) is 1.57. The highest BCUT2D eigenvalue weighted by atomic mass is 16.3. The molecular formula is C24H23N5O3. The zero-order chi connectivity index (χ0) is 22.8. The third-order valence-corrected chi connectivity index (χ3v) is 5.52. The molecule has 1 N–H and O–H groups in total. The molecule has 0 aliphatic carbocycles. The van der Waals surface area contributed by atoms with Crippen LogP contribution in [0.2, 0.25) is 0 Å². The maximum absolute atomic E-state index is 13.4. The largest absolute Gasteiger partial charge is 0.396 e. The minimum Gasteiger partial charge on any atom is -0.396 e. The molecule has 8 nitrogen and oxygen atoms in total. The van der Waals surface area contributed by atoms with Gasteiger partial charge in [0.05, 0.1) is 11.6 Å². The van der Waals surface area contributed by atoms with Crippen molar-refractivity contribution in [3.8, 4) is 17.5 Å². The van der Waals surface area contributed by atoms with E-state index in [1.54, 1.807) is 29.8 Å². The highest BCUT2D eigenvalue weighted by molar-refractivity contribution is 5.79. The number of aromatic nitrogens is 4. The number of aliphatic hydroxyl groups excluding tert-OH is 1. The minimum atomic E-state index is -0.490. The van der Waals surface area contributed by atoms with Gasteiger partial charge in [-0.15, -0.1) is 0 Å². The number of fused-ring (bicyclic) bond motifs is 1. The van der Waals surface area contributed by atoms with Crippen LogP contribution >= 0.6 is 0 Å². The minimum absolute atomic E-state index is 0.109. The lowest BCUT2D eigenvalue weighted by Gasteiger charge is -2.12. The van der Waals surface area contributed by atoms with Crippen LogP contribution in [0.3, 0.4) is 0 Å². The van der Waals surface area contributed by atoms with Gasteiger partial charge < -0.3 is 9.67 Å². The molecular weight excluding hydrogens is 406 g/mol. The number of benzene rings is 2. The molecule has 32 heavy (non-hydrogen) atoms. The van der Waals surface area contributed by atoms with E-state index in [2.05, 4.69) is 11.1 Å². The van der Waals surface area contributed by atoms with Gasteiger partial charge in [-0.3, -0.25) is 13.9 Å². The van der Waals surface area contributed by atoms with E-state index in [9.17, 15) is 20.0 Å². The maximum Gasteiger partial charge on any atom is 0.332 e. The van der Waals surface area contributed by atoms with E-state index in [1.165, 1.54) is 4.57 Å². The Labute approximate surface area is 184 Å². The van der Waals surface area contributed by atoms with Gasteiger partial charge >= 0.3 is 5.69 Å². The first-order chi connectivity index (χ1) is 15.5. The van der Waals surface area contributed by atoms with Crippen LogP contribution in [0.15, 0.2) is 58.1 Å². The van der Waals surface area contributed by atoms with Gasteiger partial charge in [-0.25, -0.2) is 9.78 Å². The molecule has 0 radical (unpaired) electrons. The number of imidazole rings is 1. The highest BCUT2D eigenvalue weighted by Crippen LogP contribution is 2.26. The first kappa shape index (κ1) is 21.3. The maximum atomic E-state index is 13.4. The van der Waals surface area contributed by atoms with Crippen LogP contribution < -0.4 is 11.2 Å². The number of aryl methyl sites for hydroxylation is 2. The Kier molecular flexibility index (Phi) is 5.75. The number of nitrogens with zero attached hydrogens (tertiary/aromatic N) is 5. The second-order valence-electron chi connectivity index (χ2n) is 7.71. The van der Waals surface area contributed by atoms with Gasteiger partial charge in [-0.1, -0.05) is 42.0 Å². The van der Waals surface area contributed by atoms with Gasteiger partial charge in [0.2, 0.25) is 0 Å². The highest BCUT2D eigenvalue weighted by Gasteiger charge is 2.22. The summed E-state index contributed by atoms with van der Waals surface area (Å²) in [5.74, 6) is 0.449. The summed E-state index contributed by atoms with van der Waals surface area (Å²) in [5.41, 5.74) is 2.69. The lowest BCUT2D eigenvalue weighted by Crippen LogP contribution is -2.39. The van der Waals surface area contributed by atoms with Crippen molar-refractivity contribution in [3.05, 3.63) is 86.1 Å². The van der Waals surface area contributed by atoms with Crippen LogP contribution in [0.4, 0.5) is 0 Å². The molecule has 0 atom stereocenters. The smallest absolute Gasteiger partial charge is 0.332 e. The van der Waals surface area contributed by atoms with Crippen molar-refractivity contribution < 1.29 is 5.11 Å². The summed E-state index contributed by atoms with van der Waals surface area (Å²) >= 11 is 0. The van der Waals surface area contributed by atoms with Crippen molar-refractivity contribution in [2.24, 2.45) is 7.05 Å². The molecule has 4 rings (SSSR count). The molecule has 0 bridgehead atoms. The fraction of sp³-hybridized carbons (Fsp3) is 0.250. The Hall–Kier alpha value is -3.96. The van der Waals surface area contributed by atoms with Crippen molar-refractivity contribution in [3.63, 3.8) is 0 Å². The Morgan fingerprint density at radius 2 is 1.78 bits per heavy atom. The predicted molar refractivity (Wildman–Crippen MR) is 121 cm³/mol. The second-order valence-corrected chi connectivity index (χ2v) is 7.71. The van der Waals surface area contributed by atoms with Crippen LogP contribution in [0.5, 0.6) is 0 Å². The molecule has 2 aromatic carbocycles. The van der Waals surface area contributed by atoms with E-state index in [-0.39, 0.29) is 30.7 Å². The molecule has 0 saturated heterocycles. The Morgan fingerprint density at radius 3 is 2.47 bits per heavy atom. The Balaban J connectivity index is 2.06. The fourth-order valence-electron chi connectivity index (χ4n) is 3.81. The van der Waals surface area contributed by atoms with Crippen LogP contribution in [0.25, 0.3) is 22.6 Å². The van der Waals surface area contributed by atoms with E-state index in [0.29, 0.717) is 23.5 Å². The van der Waals surface area contributed by atoms with Crippen molar-refractivity contribution >= 4 is 11.2 Å². The van der Waals surface area contributed by atoms with Gasteiger partial charge in [-0.2, -0.15) is 5.26 Å². The zero-order valence-corrected chi connectivity index (χ0v) is 17.9. The average Bonchev–Trinajstić information content (AvgIpc) is 3.18. The topological polar surface area (TPSA) is 106 Å². The lowest BCUT2D eigenvalue weighted by atomic mass is 10.1. The third-order valence-electron chi connectivity index (χ3n) is 5.52. The number of hydrogen-bond donors (Lipinski definition) is 1. The van der Waals surface area contributed by atoms with Crippen molar-refractivity contribution in [1.29, 1.82) is 5.26 Å².